The highest BCUT2D eigenvalue weighted by Crippen LogP contribution is 2.39. The zero-order valence-electron chi connectivity index (χ0n) is 12.2. The van der Waals surface area contributed by atoms with Gasteiger partial charge in [-0.3, -0.25) is 9.58 Å². The van der Waals surface area contributed by atoms with E-state index in [1.165, 1.54) is 43.5 Å². The first-order valence-electron chi connectivity index (χ1n) is 7.71. The zero-order chi connectivity index (χ0) is 13.4. The molecule has 0 bridgehead atoms. The Morgan fingerprint density at radius 2 is 2.16 bits per heavy atom. The van der Waals surface area contributed by atoms with Gasteiger partial charge in [-0.2, -0.15) is 5.10 Å². The van der Waals surface area contributed by atoms with Gasteiger partial charge in [-0.15, -0.1) is 0 Å². The molecule has 0 aromatic carbocycles. The lowest BCUT2D eigenvalue weighted by Crippen LogP contribution is -2.37. The van der Waals surface area contributed by atoms with Crippen LogP contribution >= 0.6 is 0 Å². The van der Waals surface area contributed by atoms with Gasteiger partial charge in [0.25, 0.3) is 0 Å². The highest BCUT2D eigenvalue weighted by Gasteiger charge is 2.38. The third kappa shape index (κ3) is 2.84. The van der Waals surface area contributed by atoms with Gasteiger partial charge < -0.3 is 5.73 Å². The molecule has 2 N–H and O–H groups in total. The van der Waals surface area contributed by atoms with Crippen LogP contribution in [0.15, 0.2) is 6.20 Å². The van der Waals surface area contributed by atoms with Crippen molar-refractivity contribution in [2.75, 3.05) is 13.1 Å². The van der Waals surface area contributed by atoms with E-state index in [4.69, 9.17) is 5.73 Å². The van der Waals surface area contributed by atoms with Crippen molar-refractivity contribution in [3.63, 3.8) is 0 Å². The number of rotatable bonds is 7. The monoisotopic (exact) mass is 262 g/mol. The molecular weight excluding hydrogens is 236 g/mol. The van der Waals surface area contributed by atoms with Gasteiger partial charge in [0.05, 0.1) is 11.7 Å². The van der Waals surface area contributed by atoms with E-state index in [0.29, 0.717) is 12.6 Å². The molecule has 0 saturated heterocycles. The lowest BCUT2D eigenvalue weighted by Gasteiger charge is -2.31. The highest BCUT2D eigenvalue weighted by molar-refractivity contribution is 5.23. The molecular formula is C15H26N4. The van der Waals surface area contributed by atoms with Gasteiger partial charge in [0, 0.05) is 37.9 Å². The highest BCUT2D eigenvalue weighted by atomic mass is 15.3. The molecule has 0 radical (unpaired) electrons. The van der Waals surface area contributed by atoms with Crippen LogP contribution in [-0.4, -0.2) is 33.8 Å². The summed E-state index contributed by atoms with van der Waals surface area (Å²) in [5.74, 6) is 0.927. The van der Waals surface area contributed by atoms with Crippen molar-refractivity contribution in [2.45, 2.75) is 51.1 Å². The topological polar surface area (TPSA) is 47.1 Å². The summed E-state index contributed by atoms with van der Waals surface area (Å²) in [4.78, 5) is 2.67. The fourth-order valence-corrected chi connectivity index (χ4v) is 3.08. The van der Waals surface area contributed by atoms with E-state index >= 15 is 0 Å². The zero-order valence-corrected chi connectivity index (χ0v) is 12.2. The van der Waals surface area contributed by atoms with Gasteiger partial charge in [-0.25, -0.2) is 0 Å². The predicted molar refractivity (Wildman–Crippen MR) is 76.8 cm³/mol. The molecule has 2 fully saturated rings. The number of nitrogens with zero attached hydrogens (tertiary/aromatic N) is 3. The van der Waals surface area contributed by atoms with E-state index in [-0.39, 0.29) is 0 Å². The molecule has 1 aromatic rings. The molecule has 2 saturated carbocycles. The van der Waals surface area contributed by atoms with Gasteiger partial charge in [-0.1, -0.05) is 6.92 Å². The number of nitrogens with two attached hydrogens (primary N) is 1. The van der Waals surface area contributed by atoms with Crippen LogP contribution in [0.25, 0.3) is 0 Å². The summed E-state index contributed by atoms with van der Waals surface area (Å²) < 4.78 is 1.94. The fraction of sp³-hybridized carbons (Fsp3) is 0.800. The summed E-state index contributed by atoms with van der Waals surface area (Å²) in [5, 5.41) is 4.59. The first-order chi connectivity index (χ1) is 9.22. The maximum atomic E-state index is 6.12. The Morgan fingerprint density at radius 1 is 1.42 bits per heavy atom. The van der Waals surface area contributed by atoms with Gasteiger partial charge in [0.2, 0.25) is 0 Å². The SMILES string of the molecule is CCc1nn(C)cc1C(CN)N(CC1CC1)C1CC1. The summed E-state index contributed by atoms with van der Waals surface area (Å²) in [5.41, 5.74) is 8.70. The average molecular weight is 262 g/mol. The summed E-state index contributed by atoms with van der Waals surface area (Å²) >= 11 is 0. The van der Waals surface area contributed by atoms with Crippen molar-refractivity contribution >= 4 is 0 Å². The van der Waals surface area contributed by atoms with Crippen LogP contribution in [0.5, 0.6) is 0 Å². The molecule has 2 aliphatic carbocycles. The molecule has 1 heterocycles. The predicted octanol–water partition coefficient (Wildman–Crippen LogP) is 1.86. The van der Waals surface area contributed by atoms with E-state index in [9.17, 15) is 0 Å². The molecule has 0 aliphatic heterocycles. The van der Waals surface area contributed by atoms with Crippen LogP contribution in [0.2, 0.25) is 0 Å². The van der Waals surface area contributed by atoms with Crippen LogP contribution in [-0.2, 0) is 13.5 Å². The number of aromatic nitrogens is 2. The van der Waals surface area contributed by atoms with Gasteiger partial charge in [0.1, 0.15) is 0 Å². The molecule has 0 spiro atoms. The van der Waals surface area contributed by atoms with Crippen molar-refractivity contribution in [3.8, 4) is 0 Å². The summed E-state index contributed by atoms with van der Waals surface area (Å²) in [6, 6.07) is 1.15. The average Bonchev–Trinajstić information content (AvgIpc) is 3.28. The second kappa shape index (κ2) is 5.25. The maximum Gasteiger partial charge on any atom is 0.0670 e. The standard InChI is InChI=1S/C15H26N4/c1-3-14-13(10-18(2)17-14)15(8-16)19(12-6-7-12)9-11-4-5-11/h10-12,15H,3-9,16H2,1-2H3. The molecule has 2 aliphatic rings. The van der Waals surface area contributed by atoms with Crippen molar-refractivity contribution < 1.29 is 0 Å². The van der Waals surface area contributed by atoms with Crippen LogP contribution in [0.3, 0.4) is 0 Å². The van der Waals surface area contributed by atoms with E-state index in [1.54, 1.807) is 0 Å². The normalized spacial score (nSPS) is 21.1. The Labute approximate surface area is 116 Å². The van der Waals surface area contributed by atoms with Crippen LogP contribution in [0, 0.1) is 5.92 Å². The van der Waals surface area contributed by atoms with Crippen molar-refractivity contribution in [2.24, 2.45) is 18.7 Å². The van der Waals surface area contributed by atoms with E-state index < -0.39 is 0 Å². The molecule has 3 rings (SSSR count). The fourth-order valence-electron chi connectivity index (χ4n) is 3.08. The summed E-state index contributed by atoms with van der Waals surface area (Å²) in [7, 11) is 2.01. The smallest absolute Gasteiger partial charge is 0.0670 e. The third-order valence-electron chi connectivity index (χ3n) is 4.44. The quantitative estimate of drug-likeness (QED) is 0.816. The van der Waals surface area contributed by atoms with E-state index in [0.717, 1.165) is 18.4 Å². The lowest BCUT2D eigenvalue weighted by atomic mass is 10.0. The molecule has 1 unspecified atom stereocenters. The summed E-state index contributed by atoms with van der Waals surface area (Å²) in [6.45, 7) is 4.13. The van der Waals surface area contributed by atoms with Gasteiger partial charge in [0.15, 0.2) is 0 Å². The largest absolute Gasteiger partial charge is 0.329 e. The Bertz CT molecular complexity index is 431. The lowest BCUT2D eigenvalue weighted by molar-refractivity contribution is 0.182. The minimum absolute atomic E-state index is 0.372. The number of aryl methyl sites for hydroxylation is 2. The van der Waals surface area contributed by atoms with Gasteiger partial charge in [-0.05, 0) is 38.0 Å². The Morgan fingerprint density at radius 3 is 2.68 bits per heavy atom. The molecule has 1 atom stereocenters. The molecule has 4 heteroatoms. The third-order valence-corrected chi connectivity index (χ3v) is 4.44. The summed E-state index contributed by atoms with van der Waals surface area (Å²) in [6.07, 6.45) is 8.70. The van der Waals surface area contributed by atoms with E-state index in [1.807, 2.05) is 11.7 Å². The molecule has 0 amide bonds. The number of hydrogen-bond acceptors (Lipinski definition) is 3. The molecule has 19 heavy (non-hydrogen) atoms. The Balaban J connectivity index is 1.83. The van der Waals surface area contributed by atoms with Crippen LogP contribution < -0.4 is 5.73 Å². The Hall–Kier alpha value is -0.870. The molecule has 106 valence electrons. The second-order valence-corrected chi connectivity index (χ2v) is 6.18. The molecule has 1 aromatic heterocycles. The first kappa shape index (κ1) is 13.1. The van der Waals surface area contributed by atoms with Crippen molar-refractivity contribution in [3.05, 3.63) is 17.5 Å². The first-order valence-corrected chi connectivity index (χ1v) is 7.71. The molecule has 4 nitrogen and oxygen atoms in total. The minimum Gasteiger partial charge on any atom is -0.329 e. The van der Waals surface area contributed by atoms with Crippen LogP contribution in [0.1, 0.15) is 49.9 Å². The van der Waals surface area contributed by atoms with Gasteiger partial charge >= 0.3 is 0 Å². The van der Waals surface area contributed by atoms with Crippen molar-refractivity contribution in [1.82, 2.24) is 14.7 Å². The second-order valence-electron chi connectivity index (χ2n) is 6.18. The maximum absolute atomic E-state index is 6.12. The van der Waals surface area contributed by atoms with Crippen LogP contribution in [0.4, 0.5) is 0 Å². The van der Waals surface area contributed by atoms with E-state index in [2.05, 4.69) is 23.1 Å². The Kier molecular flexibility index (Phi) is 3.63. The minimum atomic E-state index is 0.372. The van der Waals surface area contributed by atoms with Crippen molar-refractivity contribution in [1.29, 1.82) is 0 Å². The number of hydrogen-bond donors (Lipinski definition) is 1.